The molecule has 0 radical (unpaired) electrons. The fraction of sp³-hybridized carbons (Fsp3) is 0.432. The Balaban J connectivity index is 0.00000486. The molecule has 1 heterocycles. The molecule has 50 heavy (non-hydrogen) atoms. The van der Waals surface area contributed by atoms with Crippen molar-refractivity contribution in [1.29, 1.82) is 0 Å². The van der Waals surface area contributed by atoms with Crippen LogP contribution in [0.15, 0.2) is 54.6 Å². The molecule has 12 nitrogen and oxygen atoms in total. The standard InChI is InChI=1S/C37H40O12.Na/c1-3-15-44-25-11-13-28-27(17-25)33(26-12-10-24(43-2)18-30(26)45-19-32(38)39)34(35(40)41)37(28,22-9-14-29-31(16-22)48-21-47-29)20-46-36(42)49-23-7-5-4-6-8-23;/h9-14,16-18,23,33-34H,3-8,15,19-21H2,1-2H3,(H,38,39)(H,40,41);/q;+1/p-1. The van der Waals surface area contributed by atoms with E-state index in [4.69, 9.17) is 33.2 Å². The van der Waals surface area contributed by atoms with E-state index in [1.54, 1.807) is 48.5 Å². The predicted molar refractivity (Wildman–Crippen MR) is 171 cm³/mol. The number of fused-ring (bicyclic) bond motifs is 2. The predicted octanol–water partition coefficient (Wildman–Crippen LogP) is 1.96. The summed E-state index contributed by atoms with van der Waals surface area (Å²) in [5.74, 6) is -3.16. The molecule has 3 aromatic carbocycles. The van der Waals surface area contributed by atoms with E-state index in [9.17, 15) is 24.6 Å². The smallest absolute Gasteiger partial charge is 0.550 e. The van der Waals surface area contributed by atoms with Crippen molar-refractivity contribution in [2.75, 3.05) is 33.7 Å². The summed E-state index contributed by atoms with van der Waals surface area (Å²) in [5, 5.41) is 23.1. The van der Waals surface area contributed by atoms with Crippen LogP contribution in [-0.2, 0) is 24.5 Å². The minimum absolute atomic E-state index is 0. The van der Waals surface area contributed by atoms with Crippen LogP contribution in [0.4, 0.5) is 4.79 Å². The molecule has 3 aromatic rings. The van der Waals surface area contributed by atoms with Crippen LogP contribution in [0.3, 0.4) is 0 Å². The van der Waals surface area contributed by atoms with Crippen LogP contribution >= 0.6 is 0 Å². The molecule has 1 saturated carbocycles. The Kier molecular flexibility index (Phi) is 12.1. The number of benzene rings is 3. The maximum atomic E-state index is 13.7. The number of aliphatic carboxylic acids is 2. The quantitative estimate of drug-likeness (QED) is 0.205. The van der Waals surface area contributed by atoms with Crippen LogP contribution in [0, 0.1) is 5.92 Å². The summed E-state index contributed by atoms with van der Waals surface area (Å²) >= 11 is 0. The average Bonchev–Trinajstić information content (AvgIpc) is 3.69. The first-order valence-electron chi connectivity index (χ1n) is 16.5. The maximum Gasteiger partial charge on any atom is 1.00 e. The summed E-state index contributed by atoms with van der Waals surface area (Å²) < 4.78 is 39.9. The van der Waals surface area contributed by atoms with Crippen molar-refractivity contribution in [3.63, 3.8) is 0 Å². The van der Waals surface area contributed by atoms with Gasteiger partial charge in [-0.3, -0.25) is 0 Å². The minimum atomic E-state index is -1.54. The zero-order chi connectivity index (χ0) is 34.5. The summed E-state index contributed by atoms with van der Waals surface area (Å²) in [5.41, 5.74) is 0.398. The number of carboxylic acids is 2. The van der Waals surface area contributed by atoms with Crippen molar-refractivity contribution in [1.82, 2.24) is 0 Å². The van der Waals surface area contributed by atoms with E-state index in [0.717, 1.165) is 38.5 Å². The molecule has 1 N–H and O–H groups in total. The van der Waals surface area contributed by atoms with Crippen molar-refractivity contribution in [3.05, 3.63) is 76.9 Å². The second kappa shape index (κ2) is 16.3. The van der Waals surface area contributed by atoms with E-state index in [2.05, 4.69) is 0 Å². The molecule has 0 amide bonds. The van der Waals surface area contributed by atoms with Crippen molar-refractivity contribution in [2.24, 2.45) is 5.92 Å². The van der Waals surface area contributed by atoms with Crippen molar-refractivity contribution in [3.8, 4) is 28.7 Å². The van der Waals surface area contributed by atoms with Crippen LogP contribution in [0.2, 0.25) is 0 Å². The van der Waals surface area contributed by atoms with Crippen LogP contribution in [-0.4, -0.2) is 63.0 Å². The van der Waals surface area contributed by atoms with E-state index < -0.39 is 48.6 Å². The SMILES string of the molecule is CCCOc1ccc2c(c1)C(c1ccc(OC)cc1OCC(=O)O)C(C(=O)[O-])C2(COC(=O)OC1CCCCC1)c1ccc2c(c1)OCO2.[Na+]. The average molecular weight is 699 g/mol. The van der Waals surface area contributed by atoms with Crippen molar-refractivity contribution in [2.45, 2.75) is 62.9 Å². The van der Waals surface area contributed by atoms with Gasteiger partial charge in [-0.2, -0.15) is 0 Å². The van der Waals surface area contributed by atoms with Gasteiger partial charge in [0.05, 0.1) is 19.1 Å². The molecule has 3 unspecified atom stereocenters. The fourth-order valence-corrected chi connectivity index (χ4v) is 7.28. The van der Waals surface area contributed by atoms with Crippen LogP contribution in [0.1, 0.15) is 73.6 Å². The van der Waals surface area contributed by atoms with E-state index in [0.29, 0.717) is 51.9 Å². The van der Waals surface area contributed by atoms with Crippen molar-refractivity contribution >= 4 is 18.1 Å². The molecular formula is C37H39NaO12. The zero-order valence-corrected chi connectivity index (χ0v) is 30.4. The number of hydrogen-bond donors (Lipinski definition) is 1. The third-order valence-electron chi connectivity index (χ3n) is 9.46. The second-order valence-corrected chi connectivity index (χ2v) is 12.4. The van der Waals surface area contributed by atoms with Gasteiger partial charge >= 0.3 is 41.7 Å². The molecular weight excluding hydrogens is 659 g/mol. The van der Waals surface area contributed by atoms with Crippen LogP contribution < -0.4 is 58.3 Å². The molecule has 260 valence electrons. The summed E-state index contributed by atoms with van der Waals surface area (Å²) in [6, 6.07) is 15.2. The third-order valence-corrected chi connectivity index (χ3v) is 9.46. The summed E-state index contributed by atoms with van der Waals surface area (Å²) in [7, 11) is 1.45. The maximum absolute atomic E-state index is 13.7. The number of hydrogen-bond acceptors (Lipinski definition) is 11. The van der Waals surface area contributed by atoms with Gasteiger partial charge in [-0.05, 0) is 79.1 Å². The number of carboxylic acid groups (broad SMARTS) is 2. The summed E-state index contributed by atoms with van der Waals surface area (Å²) in [6.45, 7) is 1.29. The number of rotatable bonds is 13. The normalized spacial score (nSPS) is 20.6. The molecule has 0 aromatic heterocycles. The molecule has 1 fully saturated rings. The first-order chi connectivity index (χ1) is 23.7. The molecule has 0 spiro atoms. The Hall–Kier alpha value is -4.13. The topological polar surface area (TPSA) is 159 Å². The van der Waals surface area contributed by atoms with Gasteiger partial charge in [-0.1, -0.05) is 31.5 Å². The zero-order valence-electron chi connectivity index (χ0n) is 28.4. The molecule has 1 aliphatic heterocycles. The van der Waals surface area contributed by atoms with E-state index in [-0.39, 0.29) is 48.2 Å². The molecule has 0 saturated heterocycles. The molecule has 13 heteroatoms. The Bertz CT molecular complexity index is 1700. The number of carbonyl (C=O) groups excluding carboxylic acids is 2. The van der Waals surface area contributed by atoms with E-state index in [1.807, 2.05) is 6.92 Å². The van der Waals surface area contributed by atoms with Gasteiger partial charge < -0.3 is 48.2 Å². The third kappa shape index (κ3) is 7.47. The van der Waals surface area contributed by atoms with Crippen LogP contribution in [0.5, 0.6) is 28.7 Å². The molecule has 0 bridgehead atoms. The second-order valence-electron chi connectivity index (χ2n) is 12.4. The van der Waals surface area contributed by atoms with Gasteiger partial charge in [0.2, 0.25) is 6.79 Å². The summed E-state index contributed by atoms with van der Waals surface area (Å²) in [4.78, 5) is 38.5. The number of ether oxygens (including phenoxy) is 7. The molecule has 2 aliphatic carbocycles. The minimum Gasteiger partial charge on any atom is -0.550 e. The van der Waals surface area contributed by atoms with Gasteiger partial charge in [0.25, 0.3) is 0 Å². The van der Waals surface area contributed by atoms with Crippen LogP contribution in [0.25, 0.3) is 0 Å². The first kappa shape index (κ1) is 37.1. The Morgan fingerprint density at radius 1 is 0.920 bits per heavy atom. The van der Waals surface area contributed by atoms with Gasteiger partial charge in [0.15, 0.2) is 18.1 Å². The van der Waals surface area contributed by atoms with Crippen molar-refractivity contribution < 1.29 is 87.3 Å². The fourth-order valence-electron chi connectivity index (χ4n) is 7.28. The first-order valence-corrected chi connectivity index (χ1v) is 16.5. The molecule has 6 rings (SSSR count). The number of methoxy groups -OCH3 is 1. The largest absolute Gasteiger partial charge is 1.00 e. The van der Waals surface area contributed by atoms with E-state index >= 15 is 0 Å². The Labute approximate surface area is 312 Å². The molecule has 3 atom stereocenters. The Morgan fingerprint density at radius 2 is 1.68 bits per heavy atom. The van der Waals surface area contributed by atoms with Gasteiger partial charge in [-0.15, -0.1) is 0 Å². The monoisotopic (exact) mass is 698 g/mol. The van der Waals surface area contributed by atoms with Gasteiger partial charge in [0.1, 0.15) is 30.0 Å². The van der Waals surface area contributed by atoms with Gasteiger partial charge in [0, 0.05) is 29.4 Å². The summed E-state index contributed by atoms with van der Waals surface area (Å²) in [6.07, 6.45) is 3.97. The Morgan fingerprint density at radius 3 is 2.40 bits per heavy atom. The molecule has 3 aliphatic rings. The van der Waals surface area contributed by atoms with Gasteiger partial charge in [-0.25, -0.2) is 9.59 Å². The number of carbonyl (C=O) groups is 3. The van der Waals surface area contributed by atoms with E-state index in [1.165, 1.54) is 13.2 Å².